The average Bonchev–Trinajstić information content (AvgIpc) is 2.92. The molecule has 0 fully saturated rings. The van der Waals surface area contributed by atoms with Gasteiger partial charge < -0.3 is 5.73 Å². The van der Waals surface area contributed by atoms with E-state index in [1.165, 1.54) is 7.05 Å². The molecule has 2 aromatic carbocycles. The summed E-state index contributed by atoms with van der Waals surface area (Å²) in [4.78, 5) is 11.9. The van der Waals surface area contributed by atoms with Crippen molar-refractivity contribution < 1.29 is 22.4 Å². The van der Waals surface area contributed by atoms with Crippen molar-refractivity contribution in [2.24, 2.45) is 12.8 Å². The number of hydrogen-bond donors (Lipinski definition) is 1. The Morgan fingerprint density at radius 1 is 1.19 bits per heavy atom. The molecule has 0 aliphatic carbocycles. The summed E-state index contributed by atoms with van der Waals surface area (Å²) < 4.78 is 54.8. The molecule has 3 rings (SSSR count). The Morgan fingerprint density at radius 2 is 1.81 bits per heavy atom. The van der Waals surface area contributed by atoms with Crippen molar-refractivity contribution in [1.82, 2.24) is 9.78 Å². The summed E-state index contributed by atoms with van der Waals surface area (Å²) in [6.45, 7) is 0. The maximum Gasteiger partial charge on any atom is 0.435 e. The lowest BCUT2D eigenvalue weighted by Crippen LogP contribution is -2.18. The fourth-order valence-corrected chi connectivity index (χ4v) is 3.20. The summed E-state index contributed by atoms with van der Waals surface area (Å²) in [5.41, 5.74) is 3.48. The first-order valence-electron chi connectivity index (χ1n) is 7.60. The Morgan fingerprint density at radius 3 is 2.37 bits per heavy atom. The molecule has 3 aromatic rings. The molecule has 0 bridgehead atoms. The maximum absolute atomic E-state index is 14.0. The fourth-order valence-electron chi connectivity index (χ4n) is 2.90. The molecule has 4 nitrogen and oxygen atoms in total. The van der Waals surface area contributed by atoms with Crippen molar-refractivity contribution in [3.05, 3.63) is 64.6 Å². The van der Waals surface area contributed by atoms with Crippen LogP contribution in [-0.2, 0) is 13.2 Å². The minimum absolute atomic E-state index is 0.0311. The van der Waals surface area contributed by atoms with Crippen LogP contribution < -0.4 is 5.73 Å². The van der Waals surface area contributed by atoms with Crippen LogP contribution in [0.1, 0.15) is 16.1 Å². The molecule has 0 aliphatic heterocycles. The number of halogens is 5. The largest absolute Gasteiger partial charge is 0.435 e. The number of amides is 1. The molecule has 0 aliphatic rings. The van der Waals surface area contributed by atoms with Crippen LogP contribution in [0, 0.1) is 5.82 Å². The predicted octanol–water partition coefficient (Wildman–Crippen LogP) is 4.66. The van der Waals surface area contributed by atoms with Crippen molar-refractivity contribution in [2.45, 2.75) is 6.18 Å². The van der Waals surface area contributed by atoms with Crippen molar-refractivity contribution in [1.29, 1.82) is 0 Å². The topological polar surface area (TPSA) is 60.9 Å². The van der Waals surface area contributed by atoms with Gasteiger partial charge in [-0.15, -0.1) is 0 Å². The molecule has 0 saturated heterocycles. The zero-order valence-corrected chi connectivity index (χ0v) is 14.6. The van der Waals surface area contributed by atoms with Gasteiger partial charge in [0.15, 0.2) is 5.69 Å². The number of nitrogens with zero attached hydrogens (tertiary/aromatic N) is 2. The van der Waals surface area contributed by atoms with Gasteiger partial charge in [0, 0.05) is 12.6 Å². The van der Waals surface area contributed by atoms with E-state index in [4.69, 9.17) is 17.3 Å². The van der Waals surface area contributed by atoms with Crippen LogP contribution in [0.5, 0.6) is 0 Å². The summed E-state index contributed by atoms with van der Waals surface area (Å²) in [5, 5.41) is 3.24. The van der Waals surface area contributed by atoms with Crippen molar-refractivity contribution in [3.8, 4) is 22.4 Å². The first-order chi connectivity index (χ1) is 12.6. The van der Waals surface area contributed by atoms with E-state index < -0.39 is 29.2 Å². The molecule has 1 heterocycles. The van der Waals surface area contributed by atoms with E-state index in [0.29, 0.717) is 5.56 Å². The minimum Gasteiger partial charge on any atom is -0.365 e. The minimum atomic E-state index is -4.90. The second kappa shape index (κ2) is 6.70. The number of benzene rings is 2. The Labute approximate surface area is 156 Å². The summed E-state index contributed by atoms with van der Waals surface area (Å²) in [5.74, 6) is -1.99. The Balaban J connectivity index is 2.43. The van der Waals surface area contributed by atoms with E-state index in [2.05, 4.69) is 5.10 Å². The van der Waals surface area contributed by atoms with Crippen LogP contribution in [0.25, 0.3) is 22.4 Å². The standard InChI is InChI=1S/C18H12ClF4N3O/c1-26-15(14(17(24)27)16(25-26)18(21,22)23)13-11(7-10(20)8-12(13)19)9-5-3-2-4-6-9/h2-8H,1H3,(H2,24,27). The molecule has 1 amide bonds. The quantitative estimate of drug-likeness (QED) is 0.653. The van der Waals surface area contributed by atoms with Gasteiger partial charge in [0.05, 0.1) is 16.3 Å². The molecule has 2 N–H and O–H groups in total. The Kier molecular flexibility index (Phi) is 4.69. The highest BCUT2D eigenvalue weighted by atomic mass is 35.5. The molecule has 9 heteroatoms. The van der Waals surface area contributed by atoms with Gasteiger partial charge in [-0.2, -0.15) is 18.3 Å². The van der Waals surface area contributed by atoms with Crippen LogP contribution in [0.15, 0.2) is 42.5 Å². The lowest BCUT2D eigenvalue weighted by molar-refractivity contribution is -0.141. The average molecular weight is 398 g/mol. The SMILES string of the molecule is Cn1nc(C(F)(F)F)c(C(N)=O)c1-c1c(Cl)cc(F)cc1-c1ccccc1. The number of rotatable bonds is 3. The fraction of sp³-hybridized carbons (Fsp3) is 0.111. The summed E-state index contributed by atoms with van der Waals surface area (Å²) in [7, 11) is 1.23. The molecule has 0 radical (unpaired) electrons. The van der Waals surface area contributed by atoms with E-state index in [9.17, 15) is 22.4 Å². The zero-order chi connectivity index (χ0) is 19.9. The first kappa shape index (κ1) is 18.9. The number of nitrogens with two attached hydrogens (primary N) is 1. The molecule has 0 spiro atoms. The Bertz CT molecular complexity index is 1030. The van der Waals surface area contributed by atoms with Crippen LogP contribution in [-0.4, -0.2) is 15.7 Å². The first-order valence-corrected chi connectivity index (χ1v) is 7.98. The highest BCUT2D eigenvalue weighted by molar-refractivity contribution is 6.34. The molecule has 1 aromatic heterocycles. The van der Waals surface area contributed by atoms with Crippen LogP contribution >= 0.6 is 11.6 Å². The third kappa shape index (κ3) is 3.40. The van der Waals surface area contributed by atoms with Gasteiger partial charge in [0.25, 0.3) is 5.91 Å². The monoisotopic (exact) mass is 397 g/mol. The predicted molar refractivity (Wildman–Crippen MR) is 92.6 cm³/mol. The summed E-state index contributed by atoms with van der Waals surface area (Å²) in [6, 6.07) is 10.4. The van der Waals surface area contributed by atoms with Crippen molar-refractivity contribution in [2.75, 3.05) is 0 Å². The van der Waals surface area contributed by atoms with Gasteiger partial charge in [-0.3, -0.25) is 9.48 Å². The number of carbonyl (C=O) groups excluding carboxylic acids is 1. The second-order valence-electron chi connectivity index (χ2n) is 5.73. The molecular formula is C18H12ClF4N3O. The van der Waals surface area contributed by atoms with Gasteiger partial charge in [0.2, 0.25) is 0 Å². The van der Waals surface area contributed by atoms with Gasteiger partial charge in [0.1, 0.15) is 5.82 Å². The van der Waals surface area contributed by atoms with Crippen molar-refractivity contribution in [3.63, 3.8) is 0 Å². The number of aromatic nitrogens is 2. The molecule has 0 saturated carbocycles. The molecule has 0 atom stereocenters. The molecule has 0 unspecified atom stereocenters. The summed E-state index contributed by atoms with van der Waals surface area (Å²) >= 11 is 6.18. The van der Waals surface area contributed by atoms with E-state index in [1.807, 2.05) is 0 Å². The molecular weight excluding hydrogens is 386 g/mol. The molecule has 140 valence electrons. The maximum atomic E-state index is 14.0. The highest BCUT2D eigenvalue weighted by Gasteiger charge is 2.41. The second-order valence-corrected chi connectivity index (χ2v) is 6.14. The number of aryl methyl sites for hydroxylation is 1. The summed E-state index contributed by atoms with van der Waals surface area (Å²) in [6.07, 6.45) is -4.90. The van der Waals surface area contributed by atoms with E-state index >= 15 is 0 Å². The smallest absolute Gasteiger partial charge is 0.365 e. The van der Waals surface area contributed by atoms with Crippen LogP contribution in [0.2, 0.25) is 5.02 Å². The van der Waals surface area contributed by atoms with Crippen molar-refractivity contribution >= 4 is 17.5 Å². The lowest BCUT2D eigenvalue weighted by atomic mass is 9.94. The Hall–Kier alpha value is -2.87. The number of alkyl halides is 3. The van der Waals surface area contributed by atoms with E-state index in [1.54, 1.807) is 30.3 Å². The van der Waals surface area contributed by atoms with Gasteiger partial charge in [-0.25, -0.2) is 4.39 Å². The van der Waals surface area contributed by atoms with Crippen LogP contribution in [0.3, 0.4) is 0 Å². The van der Waals surface area contributed by atoms with E-state index in [-0.39, 0.29) is 21.8 Å². The zero-order valence-electron chi connectivity index (χ0n) is 13.8. The van der Waals surface area contributed by atoms with Gasteiger partial charge in [-0.1, -0.05) is 41.9 Å². The number of hydrogen-bond acceptors (Lipinski definition) is 2. The van der Waals surface area contributed by atoms with E-state index in [0.717, 1.165) is 16.8 Å². The third-order valence-corrected chi connectivity index (χ3v) is 4.24. The lowest BCUT2D eigenvalue weighted by Gasteiger charge is -2.14. The molecule has 27 heavy (non-hydrogen) atoms. The third-order valence-electron chi connectivity index (χ3n) is 3.94. The highest BCUT2D eigenvalue weighted by Crippen LogP contribution is 2.43. The number of carbonyl (C=O) groups is 1. The normalized spacial score (nSPS) is 11.6. The van der Waals surface area contributed by atoms with Gasteiger partial charge in [-0.05, 0) is 23.3 Å². The van der Waals surface area contributed by atoms with Gasteiger partial charge >= 0.3 is 6.18 Å². The number of primary amides is 1. The van der Waals surface area contributed by atoms with Crippen LogP contribution in [0.4, 0.5) is 17.6 Å².